The molecule has 0 aliphatic carbocycles. The molecule has 0 fully saturated rings. The maximum absolute atomic E-state index is 2.49. The van der Waals surface area contributed by atoms with Crippen molar-refractivity contribution in [2.24, 2.45) is 0 Å². The summed E-state index contributed by atoms with van der Waals surface area (Å²) in [6.45, 7) is 2.26. The molecular formula is C71H38. The van der Waals surface area contributed by atoms with Crippen LogP contribution < -0.4 is 0 Å². The van der Waals surface area contributed by atoms with Crippen LogP contribution in [0, 0.1) is 6.92 Å². The lowest BCUT2D eigenvalue weighted by Gasteiger charge is -2.15. The second-order valence-corrected chi connectivity index (χ2v) is 20.5. The summed E-state index contributed by atoms with van der Waals surface area (Å²) in [5.41, 5.74) is 8.97. The highest BCUT2D eigenvalue weighted by molar-refractivity contribution is 6.54. The Balaban J connectivity index is 1.04. The first-order chi connectivity index (χ1) is 35.2. The zero-order valence-corrected chi connectivity index (χ0v) is 38.7. The molecule has 322 valence electrons. The van der Waals surface area contributed by atoms with Crippen LogP contribution in [0.2, 0.25) is 0 Å². The summed E-state index contributed by atoms with van der Waals surface area (Å²) >= 11 is 0. The van der Waals surface area contributed by atoms with E-state index in [9.17, 15) is 0 Å². The predicted octanol–water partition coefficient (Wildman–Crippen LogP) is 20.3. The fourth-order valence-electron chi connectivity index (χ4n) is 14.6. The topological polar surface area (TPSA) is 0 Å². The molecule has 0 N–H and O–H groups in total. The normalized spacial score (nSPS) is 12.9. The lowest BCUT2D eigenvalue weighted by atomic mass is 9.87. The zero-order chi connectivity index (χ0) is 46.0. The van der Waals surface area contributed by atoms with Gasteiger partial charge in [-0.2, -0.15) is 0 Å². The molecule has 0 spiro atoms. The molecule has 0 heterocycles. The Labute approximate surface area is 406 Å². The third-order valence-corrected chi connectivity index (χ3v) is 17.1. The summed E-state index contributed by atoms with van der Waals surface area (Å²) in [7, 11) is 0. The van der Waals surface area contributed by atoms with E-state index in [-0.39, 0.29) is 0 Å². The molecule has 0 atom stereocenters. The monoisotopic (exact) mass is 890 g/mol. The van der Waals surface area contributed by atoms with Crippen LogP contribution in [0.5, 0.6) is 0 Å². The molecule has 0 amide bonds. The van der Waals surface area contributed by atoms with Crippen LogP contribution in [0.25, 0.3) is 184 Å². The van der Waals surface area contributed by atoms with Gasteiger partial charge in [0.15, 0.2) is 0 Å². The average Bonchev–Trinajstić information content (AvgIpc) is 4.16. The van der Waals surface area contributed by atoms with Crippen molar-refractivity contribution in [2.75, 3.05) is 0 Å². The maximum Gasteiger partial charge on any atom is -0.000696 e. The summed E-state index contributed by atoms with van der Waals surface area (Å²) in [6.07, 6.45) is 0. The van der Waals surface area contributed by atoms with Gasteiger partial charge in [0.25, 0.3) is 0 Å². The lowest BCUT2D eigenvalue weighted by molar-refractivity contribution is 1.53. The number of hydrogen-bond acceptors (Lipinski definition) is 0. The van der Waals surface area contributed by atoms with Crippen LogP contribution in [0.4, 0.5) is 0 Å². The standard InChI is InChI=1S/C71H38/c1-37-33-54-42-21-11-13-23-44(42)66-64(54)56(34-37)58(39-17-7-3-8-18-39)68-50-29-25-46-49-28-32-53-63-51(30-26-47(61(49)63)48-27-31-52(70(66)68)62(50)60(46)48)69-59(40-19-9-4-10-20-40)57-36-41(38-15-5-2-6-16-38)35-55-43-22-12-14-24-45(43)67(65(55)57)71(53)69/h2-36H,1H3. The predicted molar refractivity (Wildman–Crippen MR) is 309 cm³/mol. The molecule has 0 bridgehead atoms. The van der Waals surface area contributed by atoms with Crippen LogP contribution in [0.15, 0.2) is 212 Å². The van der Waals surface area contributed by atoms with Crippen molar-refractivity contribution in [1.29, 1.82) is 0 Å². The number of rotatable bonds is 3. The highest BCUT2D eigenvalue weighted by Gasteiger charge is 2.30. The zero-order valence-electron chi connectivity index (χ0n) is 38.7. The largest absolute Gasteiger partial charge is 0.0622 e. The van der Waals surface area contributed by atoms with E-state index in [0.29, 0.717) is 0 Å². The summed E-state index contributed by atoms with van der Waals surface area (Å²) in [5.74, 6) is 0. The smallest absolute Gasteiger partial charge is 0.000696 e. The first-order valence-electron chi connectivity index (χ1n) is 25.1. The van der Waals surface area contributed by atoms with Gasteiger partial charge in [0.2, 0.25) is 0 Å². The summed E-state index contributed by atoms with van der Waals surface area (Å²) < 4.78 is 0. The Hall–Kier alpha value is -9.10. The van der Waals surface area contributed by atoms with Crippen LogP contribution >= 0.6 is 0 Å². The maximum atomic E-state index is 2.49. The number of aryl methyl sites for hydroxylation is 1. The molecule has 18 aromatic carbocycles. The van der Waals surface area contributed by atoms with Gasteiger partial charge in [0, 0.05) is 0 Å². The number of hydrogen-bond donors (Lipinski definition) is 0. The molecule has 0 saturated carbocycles. The van der Waals surface area contributed by atoms with Crippen molar-refractivity contribution >= 4 is 151 Å². The molecular weight excluding hydrogens is 853 g/mol. The Morgan fingerprint density at radius 1 is 0.169 bits per heavy atom. The molecule has 0 aliphatic rings. The van der Waals surface area contributed by atoms with E-state index in [2.05, 4.69) is 219 Å². The van der Waals surface area contributed by atoms with E-state index >= 15 is 0 Å². The van der Waals surface area contributed by atoms with E-state index in [0.717, 1.165) is 0 Å². The molecule has 18 rings (SSSR count). The molecule has 0 saturated heterocycles. The highest BCUT2D eigenvalue weighted by atomic mass is 14.3. The van der Waals surface area contributed by atoms with E-state index in [1.807, 2.05) is 0 Å². The minimum absolute atomic E-state index is 1.24. The van der Waals surface area contributed by atoms with Gasteiger partial charge in [-0.25, -0.2) is 0 Å². The van der Waals surface area contributed by atoms with Crippen molar-refractivity contribution in [2.45, 2.75) is 6.92 Å². The van der Waals surface area contributed by atoms with Gasteiger partial charge in [-0.3, -0.25) is 0 Å². The van der Waals surface area contributed by atoms with Crippen molar-refractivity contribution < 1.29 is 0 Å². The molecule has 0 nitrogen and oxygen atoms in total. The highest BCUT2D eigenvalue weighted by Crippen LogP contribution is 2.58. The number of fused-ring (bicyclic) bond motifs is 16. The molecule has 18 aromatic rings. The minimum atomic E-state index is 1.24. The Kier molecular flexibility index (Phi) is 6.62. The molecule has 0 radical (unpaired) electrons. The Morgan fingerprint density at radius 2 is 0.451 bits per heavy atom. The van der Waals surface area contributed by atoms with Crippen LogP contribution in [0.1, 0.15) is 5.56 Å². The van der Waals surface area contributed by atoms with Crippen molar-refractivity contribution in [3.8, 4) is 33.4 Å². The SMILES string of the molecule is Cc1cc2c(-c3ccccc3)c3c4ccc5c6ccc7c8c(ccc(c9ccc(c4c95)c3c3c4ccccc4c(c1)c23)c68)c1c(-c2ccccc2)c2cc(-c3ccccc3)cc3c4ccccc4c(c23)c71. The molecule has 71 heavy (non-hydrogen) atoms. The third-order valence-electron chi connectivity index (χ3n) is 17.1. The van der Waals surface area contributed by atoms with E-state index < -0.39 is 0 Å². The van der Waals surface area contributed by atoms with Crippen molar-refractivity contribution in [3.63, 3.8) is 0 Å². The first kappa shape index (κ1) is 36.9. The van der Waals surface area contributed by atoms with Crippen molar-refractivity contribution in [3.05, 3.63) is 218 Å². The first-order valence-corrected chi connectivity index (χ1v) is 25.1. The van der Waals surface area contributed by atoms with Crippen LogP contribution in [-0.2, 0) is 0 Å². The van der Waals surface area contributed by atoms with Gasteiger partial charge >= 0.3 is 0 Å². The second-order valence-electron chi connectivity index (χ2n) is 20.5. The van der Waals surface area contributed by atoms with Gasteiger partial charge < -0.3 is 0 Å². The summed E-state index contributed by atoms with van der Waals surface area (Å²) in [4.78, 5) is 0. The quantitative estimate of drug-likeness (QED) is 0.122. The Morgan fingerprint density at radius 3 is 0.915 bits per heavy atom. The molecule has 0 aromatic heterocycles. The van der Waals surface area contributed by atoms with E-state index in [1.54, 1.807) is 0 Å². The second kappa shape index (κ2) is 12.8. The number of benzene rings is 14. The van der Waals surface area contributed by atoms with Crippen molar-refractivity contribution in [1.82, 2.24) is 0 Å². The molecule has 0 unspecified atom stereocenters. The van der Waals surface area contributed by atoms with Gasteiger partial charge in [0.1, 0.15) is 0 Å². The lowest BCUT2D eigenvalue weighted by Crippen LogP contribution is -1.87. The molecule has 0 heteroatoms. The Bertz CT molecular complexity index is 5280. The van der Waals surface area contributed by atoms with Crippen LogP contribution in [-0.4, -0.2) is 0 Å². The summed E-state index contributed by atoms with van der Waals surface area (Å²) in [6, 6.07) is 81.2. The minimum Gasteiger partial charge on any atom is -0.0622 e. The third kappa shape index (κ3) is 4.33. The van der Waals surface area contributed by atoms with E-state index in [1.165, 1.54) is 190 Å². The van der Waals surface area contributed by atoms with Gasteiger partial charge in [-0.1, -0.05) is 200 Å². The average molecular weight is 891 g/mol. The fourth-order valence-corrected chi connectivity index (χ4v) is 14.6. The fraction of sp³-hybridized carbons (Fsp3) is 0.0141. The van der Waals surface area contributed by atoms with Crippen LogP contribution in [0.3, 0.4) is 0 Å². The van der Waals surface area contributed by atoms with Gasteiger partial charge in [-0.05, 0) is 209 Å². The van der Waals surface area contributed by atoms with Gasteiger partial charge in [0.05, 0.1) is 0 Å². The van der Waals surface area contributed by atoms with E-state index in [4.69, 9.17) is 0 Å². The molecule has 0 aliphatic heterocycles. The van der Waals surface area contributed by atoms with Gasteiger partial charge in [-0.15, -0.1) is 0 Å². The summed E-state index contributed by atoms with van der Waals surface area (Å²) in [5, 5.41) is 37.9.